The molecule has 0 radical (unpaired) electrons. The summed E-state index contributed by atoms with van der Waals surface area (Å²) in [7, 11) is 0. The largest absolute Gasteiger partial charge is 0.500 e. The van der Waals surface area contributed by atoms with Gasteiger partial charge in [-0.1, -0.05) is 12.1 Å². The molecule has 1 fully saturated rings. The highest BCUT2D eigenvalue weighted by Crippen LogP contribution is 2.39. The predicted molar refractivity (Wildman–Crippen MR) is 111 cm³/mol. The van der Waals surface area contributed by atoms with Crippen LogP contribution >= 0.6 is 11.8 Å². The number of ether oxygens (including phenoxy) is 1. The number of hydrogen-bond acceptors (Lipinski definition) is 9. The van der Waals surface area contributed by atoms with Crippen LogP contribution in [0, 0.1) is 20.2 Å². The number of phenols is 1. The molecule has 11 nitrogen and oxygen atoms in total. The SMILES string of the molecule is CCOc1cc(/C=C2\SC(=O)N(Cc3ccc([N+](=O)[O-])cc3)C2=O)cc([N+](=O)[O-])c1O. The van der Waals surface area contributed by atoms with Crippen molar-refractivity contribution in [1.29, 1.82) is 0 Å². The van der Waals surface area contributed by atoms with Crippen LogP contribution in [-0.2, 0) is 11.3 Å². The number of benzene rings is 2. The number of non-ortho nitro benzene ring substituents is 1. The smallest absolute Gasteiger partial charge is 0.315 e. The van der Waals surface area contributed by atoms with Gasteiger partial charge in [0.05, 0.1) is 27.9 Å². The van der Waals surface area contributed by atoms with Crippen LogP contribution in [0.5, 0.6) is 11.5 Å². The van der Waals surface area contributed by atoms with Crippen molar-refractivity contribution in [3.05, 3.63) is 72.7 Å². The standard InChI is InChI=1S/C19H15N3O8S/c1-2-30-15-8-12(7-14(17(15)23)22(28)29)9-16-18(24)20(19(25)31-16)10-11-3-5-13(6-4-11)21(26)27/h3-9,23H,2,10H2,1H3/b16-9-. The molecule has 1 saturated heterocycles. The van der Waals surface area contributed by atoms with Crippen LogP contribution in [-0.4, -0.2) is 37.6 Å². The maximum absolute atomic E-state index is 12.7. The Bertz CT molecular complexity index is 1110. The van der Waals surface area contributed by atoms with Crippen LogP contribution in [0.2, 0.25) is 0 Å². The molecule has 31 heavy (non-hydrogen) atoms. The molecule has 1 aliphatic rings. The summed E-state index contributed by atoms with van der Waals surface area (Å²) in [6, 6.07) is 7.84. The quantitative estimate of drug-likeness (QED) is 0.380. The zero-order chi connectivity index (χ0) is 22.7. The molecule has 2 amide bonds. The Morgan fingerprint density at radius 2 is 1.81 bits per heavy atom. The molecule has 2 aromatic carbocycles. The number of nitro benzene ring substituents is 2. The van der Waals surface area contributed by atoms with E-state index in [0.717, 1.165) is 11.0 Å². The van der Waals surface area contributed by atoms with E-state index in [0.29, 0.717) is 17.3 Å². The number of aromatic hydroxyl groups is 1. The van der Waals surface area contributed by atoms with Gasteiger partial charge in [-0.25, -0.2) is 0 Å². The third-order valence-corrected chi connectivity index (χ3v) is 5.14. The number of imide groups is 1. The van der Waals surface area contributed by atoms with Crippen molar-refractivity contribution >= 4 is 40.4 Å². The first-order valence-electron chi connectivity index (χ1n) is 8.84. The Morgan fingerprint density at radius 1 is 1.13 bits per heavy atom. The number of carbonyl (C=O) groups excluding carboxylic acids is 2. The molecule has 0 unspecified atom stereocenters. The molecule has 1 N–H and O–H groups in total. The fourth-order valence-corrected chi connectivity index (χ4v) is 3.63. The molecule has 2 aromatic rings. The zero-order valence-electron chi connectivity index (χ0n) is 16.0. The van der Waals surface area contributed by atoms with Gasteiger partial charge in [-0.3, -0.25) is 34.7 Å². The van der Waals surface area contributed by atoms with E-state index < -0.39 is 32.4 Å². The summed E-state index contributed by atoms with van der Waals surface area (Å²) in [5, 5.41) is 31.4. The van der Waals surface area contributed by atoms with Gasteiger partial charge in [-0.2, -0.15) is 0 Å². The lowest BCUT2D eigenvalue weighted by Gasteiger charge is -2.12. The first-order chi connectivity index (χ1) is 14.7. The number of carbonyl (C=O) groups is 2. The van der Waals surface area contributed by atoms with E-state index in [9.17, 15) is 34.9 Å². The molecule has 0 bridgehead atoms. The third kappa shape index (κ3) is 4.64. The second-order valence-corrected chi connectivity index (χ2v) is 7.26. The first kappa shape index (κ1) is 21.8. The van der Waals surface area contributed by atoms with E-state index in [1.54, 1.807) is 6.92 Å². The topological polar surface area (TPSA) is 153 Å². The van der Waals surface area contributed by atoms with Crippen LogP contribution < -0.4 is 4.74 Å². The number of nitro groups is 2. The van der Waals surface area contributed by atoms with Crippen molar-refractivity contribution in [2.75, 3.05) is 6.61 Å². The number of hydrogen-bond donors (Lipinski definition) is 1. The molecule has 3 rings (SSSR count). The monoisotopic (exact) mass is 445 g/mol. The Labute approximate surface area is 179 Å². The molecule has 0 aliphatic carbocycles. The lowest BCUT2D eigenvalue weighted by molar-refractivity contribution is -0.386. The van der Waals surface area contributed by atoms with Gasteiger partial charge < -0.3 is 9.84 Å². The Morgan fingerprint density at radius 3 is 2.39 bits per heavy atom. The average Bonchev–Trinajstić information content (AvgIpc) is 2.98. The predicted octanol–water partition coefficient (Wildman–Crippen LogP) is 3.84. The van der Waals surface area contributed by atoms with Crippen molar-refractivity contribution in [2.45, 2.75) is 13.5 Å². The number of nitrogens with zero attached hydrogens (tertiary/aromatic N) is 3. The Balaban J connectivity index is 1.87. The first-order valence-corrected chi connectivity index (χ1v) is 9.65. The molecule has 0 aromatic heterocycles. The molecule has 12 heteroatoms. The zero-order valence-corrected chi connectivity index (χ0v) is 16.8. The molecule has 1 heterocycles. The molecular weight excluding hydrogens is 430 g/mol. The van der Waals surface area contributed by atoms with Crippen molar-refractivity contribution in [1.82, 2.24) is 4.90 Å². The van der Waals surface area contributed by atoms with Gasteiger partial charge in [0.15, 0.2) is 5.75 Å². The van der Waals surface area contributed by atoms with E-state index in [-0.39, 0.29) is 35.1 Å². The van der Waals surface area contributed by atoms with E-state index in [1.807, 2.05) is 0 Å². The van der Waals surface area contributed by atoms with Gasteiger partial charge >= 0.3 is 5.69 Å². The Hall–Kier alpha value is -3.93. The highest BCUT2D eigenvalue weighted by atomic mass is 32.2. The summed E-state index contributed by atoms with van der Waals surface area (Å²) >= 11 is 0.659. The lowest BCUT2D eigenvalue weighted by Crippen LogP contribution is -2.27. The highest BCUT2D eigenvalue weighted by molar-refractivity contribution is 8.18. The minimum Gasteiger partial charge on any atom is -0.500 e. The van der Waals surface area contributed by atoms with Crippen LogP contribution in [0.4, 0.5) is 16.2 Å². The van der Waals surface area contributed by atoms with Crippen molar-refractivity contribution in [3.63, 3.8) is 0 Å². The third-order valence-electron chi connectivity index (χ3n) is 4.23. The number of amides is 2. The van der Waals surface area contributed by atoms with Crippen LogP contribution in [0.15, 0.2) is 41.3 Å². The van der Waals surface area contributed by atoms with Gasteiger partial charge in [-0.15, -0.1) is 0 Å². The van der Waals surface area contributed by atoms with Crippen LogP contribution in [0.25, 0.3) is 6.08 Å². The van der Waals surface area contributed by atoms with Crippen LogP contribution in [0.1, 0.15) is 18.1 Å². The Kier molecular flexibility index (Phi) is 6.20. The summed E-state index contributed by atoms with van der Waals surface area (Å²) < 4.78 is 5.21. The van der Waals surface area contributed by atoms with Gasteiger partial charge in [0.2, 0.25) is 5.75 Å². The van der Waals surface area contributed by atoms with Gasteiger partial charge in [0.1, 0.15) is 0 Å². The van der Waals surface area contributed by atoms with Crippen LogP contribution in [0.3, 0.4) is 0 Å². The fraction of sp³-hybridized carbons (Fsp3) is 0.158. The molecule has 1 aliphatic heterocycles. The summed E-state index contributed by atoms with van der Waals surface area (Å²) in [5.41, 5.74) is 0.0148. The second kappa shape index (κ2) is 8.83. The minimum atomic E-state index is -0.782. The average molecular weight is 445 g/mol. The molecule has 0 spiro atoms. The van der Waals surface area contributed by atoms with E-state index in [4.69, 9.17) is 4.74 Å². The van der Waals surface area contributed by atoms with E-state index in [2.05, 4.69) is 0 Å². The van der Waals surface area contributed by atoms with Crippen molar-refractivity contribution in [2.24, 2.45) is 0 Å². The summed E-state index contributed by atoms with van der Waals surface area (Å²) in [6.45, 7) is 1.71. The van der Waals surface area contributed by atoms with Gasteiger partial charge in [0, 0.05) is 18.2 Å². The van der Waals surface area contributed by atoms with Crippen molar-refractivity contribution in [3.8, 4) is 11.5 Å². The lowest BCUT2D eigenvalue weighted by atomic mass is 10.1. The molecular formula is C19H15N3O8S. The number of thioether (sulfide) groups is 1. The van der Waals surface area contributed by atoms with Gasteiger partial charge in [-0.05, 0) is 42.0 Å². The molecule has 0 saturated carbocycles. The highest BCUT2D eigenvalue weighted by Gasteiger charge is 2.35. The van der Waals surface area contributed by atoms with Gasteiger partial charge in [0.25, 0.3) is 16.8 Å². The minimum absolute atomic E-state index is 0.0364. The maximum Gasteiger partial charge on any atom is 0.315 e. The second-order valence-electron chi connectivity index (χ2n) is 6.27. The number of rotatable bonds is 7. The normalized spacial score (nSPS) is 14.9. The summed E-state index contributed by atoms with van der Waals surface area (Å²) in [6.07, 6.45) is 1.30. The molecule has 160 valence electrons. The maximum atomic E-state index is 12.7. The molecule has 0 atom stereocenters. The fourth-order valence-electron chi connectivity index (χ4n) is 2.80. The number of phenolic OH excluding ortho intramolecular Hbond substituents is 1. The van der Waals surface area contributed by atoms with E-state index in [1.165, 1.54) is 36.4 Å². The van der Waals surface area contributed by atoms with Crippen molar-refractivity contribution < 1.29 is 29.3 Å². The summed E-state index contributed by atoms with van der Waals surface area (Å²) in [5.74, 6) is -1.36. The van der Waals surface area contributed by atoms with E-state index >= 15 is 0 Å². The summed E-state index contributed by atoms with van der Waals surface area (Å²) in [4.78, 5) is 46.6.